The second-order valence-corrected chi connectivity index (χ2v) is 4.71. The Morgan fingerprint density at radius 2 is 2.19 bits per heavy atom. The summed E-state index contributed by atoms with van der Waals surface area (Å²) in [6.45, 7) is 2.89. The van der Waals surface area contributed by atoms with Crippen molar-refractivity contribution in [1.82, 2.24) is 5.32 Å². The van der Waals surface area contributed by atoms with Crippen molar-refractivity contribution < 1.29 is 14.3 Å². The van der Waals surface area contributed by atoms with Gasteiger partial charge in [0.2, 0.25) is 0 Å². The molecule has 4 nitrogen and oxygen atoms in total. The highest BCUT2D eigenvalue weighted by molar-refractivity contribution is 5.80. The number of hydrogen-bond donors (Lipinski definition) is 1. The van der Waals surface area contributed by atoms with Crippen LogP contribution in [-0.4, -0.2) is 38.9 Å². The van der Waals surface area contributed by atoms with Crippen molar-refractivity contribution in [1.29, 1.82) is 0 Å². The summed E-state index contributed by atoms with van der Waals surface area (Å²) in [4.78, 5) is 11.5. The lowest BCUT2D eigenvalue weighted by atomic mass is 9.83. The lowest BCUT2D eigenvalue weighted by Gasteiger charge is -2.28. The molecule has 0 aromatic heterocycles. The highest BCUT2D eigenvalue weighted by Crippen LogP contribution is 2.29. The van der Waals surface area contributed by atoms with Crippen LogP contribution >= 0.6 is 0 Å². The maximum atomic E-state index is 11.5. The molecule has 0 aromatic rings. The van der Waals surface area contributed by atoms with E-state index in [1.54, 1.807) is 14.0 Å². The minimum Gasteiger partial charge on any atom is -0.468 e. The number of carbonyl (C=O) groups is 1. The minimum atomic E-state index is -0.728. The zero-order valence-electron chi connectivity index (χ0n) is 10.5. The minimum absolute atomic E-state index is 0.279. The van der Waals surface area contributed by atoms with Crippen molar-refractivity contribution >= 4 is 5.97 Å². The Morgan fingerprint density at radius 1 is 1.50 bits per heavy atom. The topological polar surface area (TPSA) is 47.6 Å². The van der Waals surface area contributed by atoms with E-state index < -0.39 is 5.54 Å². The summed E-state index contributed by atoms with van der Waals surface area (Å²) in [7, 11) is 3.14. The van der Waals surface area contributed by atoms with E-state index in [0.717, 1.165) is 18.9 Å². The Labute approximate surface area is 97.7 Å². The normalized spacial score (nSPS) is 19.9. The summed E-state index contributed by atoms with van der Waals surface area (Å²) in [6.07, 6.45) is 5.15. The smallest absolute Gasteiger partial charge is 0.328 e. The molecular formula is C12H23NO3. The fourth-order valence-corrected chi connectivity index (χ4v) is 1.77. The number of esters is 1. The molecule has 0 radical (unpaired) electrons. The van der Waals surface area contributed by atoms with E-state index in [9.17, 15) is 4.79 Å². The average Bonchev–Trinajstić information content (AvgIpc) is 2.24. The Balaban J connectivity index is 2.19. The van der Waals surface area contributed by atoms with Gasteiger partial charge in [-0.3, -0.25) is 0 Å². The van der Waals surface area contributed by atoms with E-state index in [2.05, 4.69) is 5.32 Å². The molecule has 4 heteroatoms. The fraction of sp³-hybridized carbons (Fsp3) is 0.917. The molecule has 16 heavy (non-hydrogen) atoms. The molecule has 1 aliphatic carbocycles. The number of carbonyl (C=O) groups excluding carboxylic acids is 1. The van der Waals surface area contributed by atoms with Crippen LogP contribution in [0, 0.1) is 5.92 Å². The van der Waals surface area contributed by atoms with Crippen molar-refractivity contribution in [3.63, 3.8) is 0 Å². The second kappa shape index (κ2) is 6.21. The van der Waals surface area contributed by atoms with Crippen LogP contribution in [0.2, 0.25) is 0 Å². The number of likely N-dealkylation sites (N-methyl/N-ethyl adjacent to an activating group) is 1. The molecule has 0 aliphatic heterocycles. The Morgan fingerprint density at radius 3 is 2.62 bits per heavy atom. The van der Waals surface area contributed by atoms with E-state index >= 15 is 0 Å². The molecule has 94 valence electrons. The van der Waals surface area contributed by atoms with E-state index in [1.165, 1.54) is 26.4 Å². The van der Waals surface area contributed by atoms with Crippen LogP contribution in [0.1, 0.15) is 32.6 Å². The summed E-state index contributed by atoms with van der Waals surface area (Å²) < 4.78 is 10.3. The lowest BCUT2D eigenvalue weighted by molar-refractivity contribution is -0.150. The third-order valence-electron chi connectivity index (χ3n) is 3.47. The maximum absolute atomic E-state index is 11.5. The predicted octanol–water partition coefficient (Wildman–Crippen LogP) is 1.34. The molecule has 0 spiro atoms. The van der Waals surface area contributed by atoms with Gasteiger partial charge in [-0.15, -0.1) is 0 Å². The van der Waals surface area contributed by atoms with E-state index in [-0.39, 0.29) is 5.97 Å². The zero-order chi connectivity index (χ0) is 12.0. The summed E-state index contributed by atoms with van der Waals surface area (Å²) in [6, 6.07) is 0. The monoisotopic (exact) mass is 229 g/mol. The van der Waals surface area contributed by atoms with Crippen LogP contribution in [0.5, 0.6) is 0 Å². The van der Waals surface area contributed by atoms with E-state index in [0.29, 0.717) is 6.61 Å². The Kier molecular flexibility index (Phi) is 5.22. The molecule has 1 N–H and O–H groups in total. The molecule has 0 amide bonds. The quantitative estimate of drug-likeness (QED) is 0.529. The third-order valence-corrected chi connectivity index (χ3v) is 3.47. The Bertz CT molecular complexity index is 228. The van der Waals surface area contributed by atoms with Gasteiger partial charge in [-0.05, 0) is 26.3 Å². The van der Waals surface area contributed by atoms with Crippen LogP contribution in [0.3, 0.4) is 0 Å². The van der Waals surface area contributed by atoms with Crippen molar-refractivity contribution in [2.24, 2.45) is 5.92 Å². The van der Waals surface area contributed by atoms with Gasteiger partial charge in [0.05, 0.1) is 13.7 Å². The van der Waals surface area contributed by atoms with Gasteiger partial charge < -0.3 is 14.8 Å². The molecular weight excluding hydrogens is 206 g/mol. The van der Waals surface area contributed by atoms with Crippen molar-refractivity contribution in [3.8, 4) is 0 Å². The number of methoxy groups -OCH3 is 1. The summed E-state index contributed by atoms with van der Waals surface area (Å²) >= 11 is 0. The molecule has 1 aliphatic rings. The second-order valence-electron chi connectivity index (χ2n) is 4.71. The summed E-state index contributed by atoms with van der Waals surface area (Å²) in [5, 5.41) is 2.95. The van der Waals surface area contributed by atoms with Gasteiger partial charge in [0, 0.05) is 6.61 Å². The number of hydrogen-bond acceptors (Lipinski definition) is 4. The first-order chi connectivity index (χ1) is 7.62. The van der Waals surface area contributed by atoms with Crippen LogP contribution in [-0.2, 0) is 14.3 Å². The summed E-state index contributed by atoms with van der Waals surface area (Å²) in [5.74, 6) is 0.567. The molecule has 1 saturated carbocycles. The third kappa shape index (κ3) is 3.46. The molecule has 1 rings (SSSR count). The standard InChI is InChI=1S/C12H23NO3/c1-12(13-2,11(14)15-3)9-16-8-7-10-5-4-6-10/h10,13H,4-9H2,1-3H3. The van der Waals surface area contributed by atoms with Crippen molar-refractivity contribution in [3.05, 3.63) is 0 Å². The molecule has 0 bridgehead atoms. The summed E-state index contributed by atoms with van der Waals surface area (Å²) in [5.41, 5.74) is -0.728. The fourth-order valence-electron chi connectivity index (χ4n) is 1.77. The van der Waals surface area contributed by atoms with Gasteiger partial charge in [0.1, 0.15) is 5.54 Å². The molecule has 1 unspecified atom stereocenters. The first kappa shape index (κ1) is 13.5. The molecule has 1 atom stereocenters. The molecule has 0 heterocycles. The van der Waals surface area contributed by atoms with Gasteiger partial charge >= 0.3 is 5.97 Å². The predicted molar refractivity (Wildman–Crippen MR) is 62.3 cm³/mol. The maximum Gasteiger partial charge on any atom is 0.328 e. The van der Waals surface area contributed by atoms with Gasteiger partial charge in [0.25, 0.3) is 0 Å². The van der Waals surface area contributed by atoms with Gasteiger partial charge in [-0.2, -0.15) is 0 Å². The van der Waals surface area contributed by atoms with Gasteiger partial charge in [-0.1, -0.05) is 19.3 Å². The van der Waals surface area contributed by atoms with E-state index in [4.69, 9.17) is 9.47 Å². The average molecular weight is 229 g/mol. The van der Waals surface area contributed by atoms with Gasteiger partial charge in [-0.25, -0.2) is 4.79 Å². The highest BCUT2D eigenvalue weighted by atomic mass is 16.5. The SMILES string of the molecule is CNC(C)(COCCC1CCC1)C(=O)OC. The van der Waals surface area contributed by atoms with Crippen molar-refractivity contribution in [2.45, 2.75) is 38.1 Å². The van der Waals surface area contributed by atoms with E-state index in [1.807, 2.05) is 0 Å². The molecule has 0 saturated heterocycles. The highest BCUT2D eigenvalue weighted by Gasteiger charge is 2.32. The number of rotatable bonds is 7. The molecule has 0 aromatic carbocycles. The van der Waals surface area contributed by atoms with Crippen molar-refractivity contribution in [2.75, 3.05) is 27.4 Å². The zero-order valence-corrected chi connectivity index (χ0v) is 10.5. The van der Waals surface area contributed by atoms with Gasteiger partial charge in [0.15, 0.2) is 0 Å². The van der Waals surface area contributed by atoms with Crippen LogP contribution in [0.4, 0.5) is 0 Å². The van der Waals surface area contributed by atoms with Crippen LogP contribution in [0.15, 0.2) is 0 Å². The lowest BCUT2D eigenvalue weighted by Crippen LogP contribution is -2.52. The molecule has 1 fully saturated rings. The first-order valence-electron chi connectivity index (χ1n) is 5.97. The number of nitrogens with one attached hydrogen (secondary N) is 1. The largest absolute Gasteiger partial charge is 0.468 e. The van der Waals surface area contributed by atoms with Crippen LogP contribution < -0.4 is 5.32 Å². The van der Waals surface area contributed by atoms with Crippen LogP contribution in [0.25, 0.3) is 0 Å². The first-order valence-corrected chi connectivity index (χ1v) is 5.97. The Hall–Kier alpha value is -0.610. The number of ether oxygens (including phenoxy) is 2.